The Morgan fingerprint density at radius 1 is 1.33 bits per heavy atom. The number of hydrogen-bond donors (Lipinski definition) is 1. The summed E-state index contributed by atoms with van der Waals surface area (Å²) in [7, 11) is 1.54. The zero-order valence-corrected chi connectivity index (χ0v) is 16.2. The predicted octanol–water partition coefficient (Wildman–Crippen LogP) is 2.18. The molecule has 3 aliphatic rings. The van der Waals surface area contributed by atoms with Gasteiger partial charge in [-0.25, -0.2) is 0 Å². The Labute approximate surface area is 164 Å². The number of carbonyl (C=O) groups is 2. The maximum Gasteiger partial charge on any atom is 0.257 e. The summed E-state index contributed by atoms with van der Waals surface area (Å²) in [5.74, 6) is 0.909. The Bertz CT molecular complexity index is 741. The van der Waals surface area contributed by atoms with Gasteiger partial charge in [-0.3, -0.25) is 9.59 Å². The van der Waals surface area contributed by atoms with Crippen molar-refractivity contribution in [2.75, 3.05) is 26.8 Å². The summed E-state index contributed by atoms with van der Waals surface area (Å²) in [6, 6.07) is 4.98. The number of rotatable bonds is 3. The average molecular weight is 393 g/mol. The molecule has 3 heterocycles. The molecule has 4 rings (SSSR count). The molecule has 0 spiro atoms. The molecule has 2 amide bonds. The molecule has 0 radical (unpaired) electrons. The Morgan fingerprint density at radius 3 is 2.85 bits per heavy atom. The lowest BCUT2D eigenvalue weighted by molar-refractivity contribution is -0.154. The molecule has 6 nitrogen and oxygen atoms in total. The van der Waals surface area contributed by atoms with E-state index in [9.17, 15) is 14.7 Å². The molecule has 0 saturated carbocycles. The van der Waals surface area contributed by atoms with E-state index >= 15 is 0 Å². The fraction of sp³-hybridized carbons (Fsp3) is 0.600. The van der Waals surface area contributed by atoms with Crippen molar-refractivity contribution < 1.29 is 19.4 Å². The van der Waals surface area contributed by atoms with E-state index in [-0.39, 0.29) is 42.3 Å². The van der Waals surface area contributed by atoms with Crippen molar-refractivity contribution in [2.24, 2.45) is 11.8 Å². The van der Waals surface area contributed by atoms with Crippen LogP contribution < -0.4 is 4.74 Å². The fourth-order valence-electron chi connectivity index (χ4n) is 5.19. The van der Waals surface area contributed by atoms with E-state index in [1.165, 1.54) is 7.11 Å². The molecule has 2 bridgehead atoms. The van der Waals surface area contributed by atoms with Crippen LogP contribution in [-0.4, -0.2) is 65.6 Å². The topological polar surface area (TPSA) is 70.1 Å². The molecule has 3 fully saturated rings. The molecule has 7 heteroatoms. The van der Waals surface area contributed by atoms with Gasteiger partial charge in [0.15, 0.2) is 0 Å². The van der Waals surface area contributed by atoms with Crippen LogP contribution in [0.1, 0.15) is 36.0 Å². The van der Waals surface area contributed by atoms with Gasteiger partial charge in [-0.05, 0) is 49.3 Å². The Kier molecular flexibility index (Phi) is 5.03. The van der Waals surface area contributed by atoms with Crippen molar-refractivity contribution in [3.63, 3.8) is 0 Å². The summed E-state index contributed by atoms with van der Waals surface area (Å²) >= 11 is 6.10. The van der Waals surface area contributed by atoms with Gasteiger partial charge in [0.25, 0.3) is 5.91 Å². The quantitative estimate of drug-likeness (QED) is 0.856. The first kappa shape index (κ1) is 18.6. The monoisotopic (exact) mass is 392 g/mol. The SMILES string of the molecule is COc1ccc(Cl)cc1C(=O)N1C[C@H]2C[C@@H](C1)[C@H](CO)N1C(=O)CCC[C@@H]21. The first-order valence-electron chi connectivity index (χ1n) is 9.58. The highest BCUT2D eigenvalue weighted by Gasteiger charge is 2.49. The number of hydrogen-bond acceptors (Lipinski definition) is 4. The lowest BCUT2D eigenvalue weighted by atomic mass is 9.72. The third-order valence-electron chi connectivity index (χ3n) is 6.36. The number of carbonyl (C=O) groups excluding carboxylic acids is 2. The van der Waals surface area contributed by atoms with E-state index in [0.29, 0.717) is 35.8 Å². The van der Waals surface area contributed by atoms with Crippen LogP contribution >= 0.6 is 11.6 Å². The van der Waals surface area contributed by atoms with Gasteiger partial charge in [0.2, 0.25) is 5.91 Å². The fourth-order valence-corrected chi connectivity index (χ4v) is 5.37. The first-order chi connectivity index (χ1) is 13.0. The molecule has 3 saturated heterocycles. The molecular formula is C20H25ClN2O4. The zero-order valence-electron chi connectivity index (χ0n) is 15.4. The zero-order chi connectivity index (χ0) is 19.1. The van der Waals surface area contributed by atoms with Gasteiger partial charge < -0.3 is 19.6 Å². The minimum absolute atomic E-state index is 0.0534. The standard InChI is InChI=1S/C20H25ClN2O4/c1-27-18-6-5-14(21)8-15(18)20(26)22-9-12-7-13(10-22)17(11-24)23-16(12)3-2-4-19(23)25/h5-6,8,12-13,16-17,24H,2-4,7,9-11H2,1H3/t12-,13+,16+,17+/m1/s1. The van der Waals surface area contributed by atoms with Crippen LogP contribution in [0.3, 0.4) is 0 Å². The van der Waals surface area contributed by atoms with Crippen molar-refractivity contribution in [1.82, 2.24) is 9.80 Å². The molecular weight excluding hydrogens is 368 g/mol. The number of likely N-dealkylation sites (tertiary alicyclic amines) is 1. The lowest BCUT2D eigenvalue weighted by Gasteiger charge is -2.56. The molecule has 0 unspecified atom stereocenters. The average Bonchev–Trinajstić information content (AvgIpc) is 2.68. The van der Waals surface area contributed by atoms with Crippen molar-refractivity contribution in [1.29, 1.82) is 0 Å². The number of aliphatic hydroxyl groups is 1. The number of nitrogens with zero attached hydrogens (tertiary/aromatic N) is 2. The van der Waals surface area contributed by atoms with E-state index in [2.05, 4.69) is 0 Å². The molecule has 4 atom stereocenters. The molecule has 27 heavy (non-hydrogen) atoms. The number of piperidine rings is 3. The molecule has 1 N–H and O–H groups in total. The van der Waals surface area contributed by atoms with Gasteiger partial charge in [-0.1, -0.05) is 11.6 Å². The van der Waals surface area contributed by atoms with Gasteiger partial charge in [0.05, 0.1) is 25.3 Å². The molecule has 0 aromatic heterocycles. The highest BCUT2D eigenvalue weighted by atomic mass is 35.5. The van der Waals surface area contributed by atoms with Gasteiger partial charge in [-0.15, -0.1) is 0 Å². The van der Waals surface area contributed by atoms with Crippen molar-refractivity contribution in [3.8, 4) is 5.75 Å². The van der Waals surface area contributed by atoms with Crippen LogP contribution in [-0.2, 0) is 4.79 Å². The van der Waals surface area contributed by atoms with Crippen molar-refractivity contribution in [2.45, 2.75) is 37.8 Å². The van der Waals surface area contributed by atoms with E-state index < -0.39 is 0 Å². The number of amides is 2. The van der Waals surface area contributed by atoms with E-state index in [1.54, 1.807) is 18.2 Å². The van der Waals surface area contributed by atoms with Crippen molar-refractivity contribution >= 4 is 23.4 Å². The van der Waals surface area contributed by atoms with Crippen LogP contribution in [0.15, 0.2) is 18.2 Å². The summed E-state index contributed by atoms with van der Waals surface area (Å²) < 4.78 is 5.35. The van der Waals surface area contributed by atoms with Crippen LogP contribution in [0.5, 0.6) is 5.75 Å². The summed E-state index contributed by atoms with van der Waals surface area (Å²) in [4.78, 5) is 29.5. The summed E-state index contributed by atoms with van der Waals surface area (Å²) in [5, 5.41) is 10.5. The van der Waals surface area contributed by atoms with Gasteiger partial charge in [-0.2, -0.15) is 0 Å². The maximum absolute atomic E-state index is 13.2. The first-order valence-corrected chi connectivity index (χ1v) is 9.96. The largest absolute Gasteiger partial charge is 0.496 e. The van der Waals surface area contributed by atoms with E-state index in [1.807, 2.05) is 9.80 Å². The molecule has 1 aromatic rings. The number of halogens is 1. The smallest absolute Gasteiger partial charge is 0.257 e. The van der Waals surface area contributed by atoms with E-state index in [0.717, 1.165) is 19.3 Å². The van der Waals surface area contributed by atoms with Crippen LogP contribution in [0, 0.1) is 11.8 Å². The minimum atomic E-state index is -0.198. The summed E-state index contributed by atoms with van der Waals surface area (Å²) in [6.45, 7) is 1.10. The number of aliphatic hydroxyl groups excluding tert-OH is 1. The second-order valence-corrected chi connectivity index (χ2v) is 8.26. The predicted molar refractivity (Wildman–Crippen MR) is 101 cm³/mol. The second kappa shape index (κ2) is 7.32. The number of methoxy groups -OCH3 is 1. The van der Waals surface area contributed by atoms with E-state index in [4.69, 9.17) is 16.3 Å². The van der Waals surface area contributed by atoms with Crippen LogP contribution in [0.25, 0.3) is 0 Å². The Hall–Kier alpha value is -1.79. The Morgan fingerprint density at radius 2 is 2.11 bits per heavy atom. The summed E-state index contributed by atoms with van der Waals surface area (Å²) in [5.41, 5.74) is 0.460. The molecule has 1 aromatic carbocycles. The van der Waals surface area contributed by atoms with Crippen LogP contribution in [0.2, 0.25) is 5.02 Å². The molecule has 146 valence electrons. The van der Waals surface area contributed by atoms with Crippen LogP contribution in [0.4, 0.5) is 0 Å². The van der Waals surface area contributed by atoms with Gasteiger partial charge in [0.1, 0.15) is 5.75 Å². The third kappa shape index (κ3) is 3.19. The number of fused-ring (bicyclic) bond motifs is 4. The maximum atomic E-state index is 13.2. The molecule has 0 aliphatic carbocycles. The number of benzene rings is 1. The second-order valence-electron chi connectivity index (χ2n) is 7.82. The highest BCUT2D eigenvalue weighted by molar-refractivity contribution is 6.31. The lowest BCUT2D eigenvalue weighted by Crippen LogP contribution is -2.66. The molecule has 3 aliphatic heterocycles. The summed E-state index contributed by atoms with van der Waals surface area (Å²) in [6.07, 6.45) is 3.35. The minimum Gasteiger partial charge on any atom is -0.496 e. The third-order valence-corrected chi connectivity index (χ3v) is 6.60. The van der Waals surface area contributed by atoms with Gasteiger partial charge >= 0.3 is 0 Å². The highest BCUT2D eigenvalue weighted by Crippen LogP contribution is 2.42. The normalized spacial score (nSPS) is 30.1. The Balaban J connectivity index is 1.62. The van der Waals surface area contributed by atoms with Gasteiger partial charge in [0, 0.05) is 30.6 Å². The van der Waals surface area contributed by atoms with Crippen molar-refractivity contribution in [3.05, 3.63) is 28.8 Å². The number of ether oxygens (including phenoxy) is 1.